The van der Waals surface area contributed by atoms with Crippen molar-refractivity contribution in [3.05, 3.63) is 47.3 Å². The van der Waals surface area contributed by atoms with Gasteiger partial charge in [-0.15, -0.1) is 0 Å². The van der Waals surface area contributed by atoms with Crippen molar-refractivity contribution in [2.75, 3.05) is 6.54 Å². The molecule has 1 aliphatic rings. The fraction of sp³-hybridized carbons (Fsp3) is 0.471. The van der Waals surface area contributed by atoms with Gasteiger partial charge in [-0.25, -0.2) is 4.68 Å². The molecular formula is C17H23N3. The van der Waals surface area contributed by atoms with Gasteiger partial charge in [-0.05, 0) is 63.3 Å². The lowest BCUT2D eigenvalue weighted by Gasteiger charge is -2.06. The van der Waals surface area contributed by atoms with E-state index in [-0.39, 0.29) is 0 Å². The van der Waals surface area contributed by atoms with Crippen LogP contribution in [0.1, 0.15) is 36.0 Å². The van der Waals surface area contributed by atoms with E-state index in [2.05, 4.69) is 48.7 Å². The van der Waals surface area contributed by atoms with E-state index in [1.807, 2.05) is 10.9 Å². The van der Waals surface area contributed by atoms with Gasteiger partial charge in [0.15, 0.2) is 0 Å². The first-order chi connectivity index (χ1) is 9.72. The zero-order valence-electron chi connectivity index (χ0n) is 12.4. The van der Waals surface area contributed by atoms with Gasteiger partial charge in [-0.1, -0.05) is 17.7 Å². The molecule has 3 rings (SSSR count). The van der Waals surface area contributed by atoms with Crippen LogP contribution in [0.4, 0.5) is 0 Å². The topological polar surface area (TPSA) is 29.9 Å². The first-order valence-electron chi connectivity index (χ1n) is 7.57. The summed E-state index contributed by atoms with van der Waals surface area (Å²) in [5.41, 5.74) is 5.07. The van der Waals surface area contributed by atoms with E-state index in [4.69, 9.17) is 0 Å². The average molecular weight is 269 g/mol. The Labute approximate surface area is 121 Å². The first-order valence-corrected chi connectivity index (χ1v) is 7.57. The second-order valence-electron chi connectivity index (χ2n) is 5.92. The Balaban J connectivity index is 1.60. The maximum absolute atomic E-state index is 4.50. The average Bonchev–Trinajstić information content (AvgIpc) is 3.13. The minimum absolute atomic E-state index is 0.813. The van der Waals surface area contributed by atoms with Crippen molar-refractivity contribution in [1.29, 1.82) is 0 Å². The van der Waals surface area contributed by atoms with Crippen LogP contribution >= 0.6 is 0 Å². The molecule has 1 N–H and O–H groups in total. The fourth-order valence-electron chi connectivity index (χ4n) is 2.57. The predicted octanol–water partition coefficient (Wildman–Crippen LogP) is 3.17. The highest BCUT2D eigenvalue weighted by Gasteiger charge is 2.19. The van der Waals surface area contributed by atoms with E-state index in [9.17, 15) is 0 Å². The van der Waals surface area contributed by atoms with Crippen LogP contribution < -0.4 is 5.32 Å². The summed E-state index contributed by atoms with van der Waals surface area (Å²) in [7, 11) is 0. The number of aryl methyl sites for hydroxylation is 3. The van der Waals surface area contributed by atoms with Gasteiger partial charge in [0.1, 0.15) is 0 Å². The molecule has 0 unspecified atom stereocenters. The van der Waals surface area contributed by atoms with Crippen LogP contribution in [0.15, 0.2) is 30.6 Å². The van der Waals surface area contributed by atoms with Gasteiger partial charge in [0.25, 0.3) is 0 Å². The monoisotopic (exact) mass is 269 g/mol. The summed E-state index contributed by atoms with van der Waals surface area (Å²) in [6.45, 7) is 5.39. The molecular weight excluding hydrogens is 246 g/mol. The molecule has 2 aromatic rings. The van der Waals surface area contributed by atoms with Crippen molar-refractivity contribution in [2.24, 2.45) is 0 Å². The molecule has 0 saturated heterocycles. The highest BCUT2D eigenvalue weighted by atomic mass is 15.3. The zero-order valence-corrected chi connectivity index (χ0v) is 12.4. The van der Waals surface area contributed by atoms with E-state index in [0.717, 1.165) is 19.0 Å². The van der Waals surface area contributed by atoms with E-state index < -0.39 is 0 Å². The number of rotatable bonds is 6. The molecule has 1 aliphatic carbocycles. The molecule has 3 nitrogen and oxygen atoms in total. The van der Waals surface area contributed by atoms with Crippen molar-refractivity contribution < 1.29 is 0 Å². The molecule has 0 aliphatic heterocycles. The van der Waals surface area contributed by atoms with Crippen molar-refractivity contribution in [3.8, 4) is 5.69 Å². The highest BCUT2D eigenvalue weighted by Crippen LogP contribution is 2.19. The number of benzene rings is 1. The van der Waals surface area contributed by atoms with Crippen LogP contribution in [0, 0.1) is 13.8 Å². The second kappa shape index (κ2) is 5.80. The maximum atomic E-state index is 4.50. The SMILES string of the molecule is Cc1ccc(-n2cc(CCCNC3CC3)cn2)c(C)c1. The summed E-state index contributed by atoms with van der Waals surface area (Å²) in [6, 6.07) is 7.31. The third kappa shape index (κ3) is 3.28. The number of aromatic nitrogens is 2. The molecule has 3 heteroatoms. The van der Waals surface area contributed by atoms with Crippen molar-refractivity contribution in [1.82, 2.24) is 15.1 Å². The summed E-state index contributed by atoms with van der Waals surface area (Å²) in [5, 5.41) is 8.05. The lowest BCUT2D eigenvalue weighted by atomic mass is 10.1. The van der Waals surface area contributed by atoms with Gasteiger partial charge in [-0.2, -0.15) is 5.10 Å². The Morgan fingerprint density at radius 3 is 2.90 bits per heavy atom. The summed E-state index contributed by atoms with van der Waals surface area (Å²) < 4.78 is 2.00. The maximum Gasteiger partial charge on any atom is 0.0674 e. The lowest BCUT2D eigenvalue weighted by Crippen LogP contribution is -2.17. The summed E-state index contributed by atoms with van der Waals surface area (Å²) in [6.07, 6.45) is 9.18. The Kier molecular flexibility index (Phi) is 3.88. The smallest absolute Gasteiger partial charge is 0.0674 e. The Bertz CT molecular complexity index is 582. The molecule has 0 radical (unpaired) electrons. The third-order valence-corrected chi connectivity index (χ3v) is 3.89. The molecule has 0 spiro atoms. The normalized spacial score (nSPS) is 14.7. The van der Waals surface area contributed by atoms with Crippen LogP contribution in [0.2, 0.25) is 0 Å². The summed E-state index contributed by atoms with van der Waals surface area (Å²) >= 11 is 0. The van der Waals surface area contributed by atoms with Gasteiger partial charge < -0.3 is 5.32 Å². The van der Waals surface area contributed by atoms with E-state index in [1.54, 1.807) is 0 Å². The van der Waals surface area contributed by atoms with Crippen molar-refractivity contribution >= 4 is 0 Å². The molecule has 0 bridgehead atoms. The van der Waals surface area contributed by atoms with Crippen LogP contribution in [0.5, 0.6) is 0 Å². The fourth-order valence-corrected chi connectivity index (χ4v) is 2.57. The van der Waals surface area contributed by atoms with Crippen LogP contribution in [-0.4, -0.2) is 22.4 Å². The largest absolute Gasteiger partial charge is 0.314 e. The first kappa shape index (κ1) is 13.4. The quantitative estimate of drug-likeness (QED) is 0.816. The second-order valence-corrected chi connectivity index (χ2v) is 5.92. The molecule has 1 heterocycles. The molecule has 106 valence electrons. The standard InChI is InChI=1S/C17H23N3/c1-13-5-8-17(14(2)10-13)20-12-15(11-19-20)4-3-9-18-16-6-7-16/h5,8,10-12,16,18H,3-4,6-7,9H2,1-2H3. The molecule has 1 aromatic carbocycles. The van der Waals surface area contributed by atoms with Gasteiger partial charge in [0.2, 0.25) is 0 Å². The molecule has 0 amide bonds. The minimum atomic E-state index is 0.813. The van der Waals surface area contributed by atoms with Gasteiger partial charge >= 0.3 is 0 Å². The predicted molar refractivity (Wildman–Crippen MR) is 82.4 cm³/mol. The van der Waals surface area contributed by atoms with Gasteiger partial charge in [-0.3, -0.25) is 0 Å². The summed E-state index contributed by atoms with van der Waals surface area (Å²) in [4.78, 5) is 0. The van der Waals surface area contributed by atoms with Crippen molar-refractivity contribution in [3.63, 3.8) is 0 Å². The van der Waals surface area contributed by atoms with E-state index in [0.29, 0.717) is 0 Å². The van der Waals surface area contributed by atoms with Gasteiger partial charge in [0, 0.05) is 12.2 Å². The highest BCUT2D eigenvalue weighted by molar-refractivity contribution is 5.42. The Morgan fingerprint density at radius 1 is 1.30 bits per heavy atom. The minimum Gasteiger partial charge on any atom is -0.314 e. The molecule has 0 atom stereocenters. The van der Waals surface area contributed by atoms with E-state index >= 15 is 0 Å². The lowest BCUT2D eigenvalue weighted by molar-refractivity contribution is 0.645. The van der Waals surface area contributed by atoms with Gasteiger partial charge in [0.05, 0.1) is 11.9 Å². The molecule has 1 aromatic heterocycles. The van der Waals surface area contributed by atoms with E-state index in [1.165, 1.54) is 41.6 Å². The molecule has 1 saturated carbocycles. The van der Waals surface area contributed by atoms with Crippen LogP contribution in [0.3, 0.4) is 0 Å². The number of nitrogens with zero attached hydrogens (tertiary/aromatic N) is 2. The van der Waals surface area contributed by atoms with Crippen LogP contribution in [-0.2, 0) is 6.42 Å². The third-order valence-electron chi connectivity index (χ3n) is 3.89. The molecule has 1 fully saturated rings. The number of hydrogen-bond donors (Lipinski definition) is 1. The zero-order chi connectivity index (χ0) is 13.9. The Hall–Kier alpha value is -1.61. The van der Waals surface area contributed by atoms with Crippen molar-refractivity contribution in [2.45, 2.75) is 45.6 Å². The summed E-state index contributed by atoms with van der Waals surface area (Å²) in [5.74, 6) is 0. The molecule has 20 heavy (non-hydrogen) atoms. The Morgan fingerprint density at radius 2 is 2.15 bits per heavy atom. The number of hydrogen-bond acceptors (Lipinski definition) is 2. The number of nitrogens with one attached hydrogen (secondary N) is 1. The van der Waals surface area contributed by atoms with Crippen LogP contribution in [0.25, 0.3) is 5.69 Å².